The summed E-state index contributed by atoms with van der Waals surface area (Å²) in [5.74, 6) is -1.12. The normalized spacial score (nSPS) is 11.0. The molecule has 1 aromatic heterocycles. The van der Waals surface area contributed by atoms with E-state index < -0.39 is 21.7 Å². The van der Waals surface area contributed by atoms with Gasteiger partial charge in [0.1, 0.15) is 5.82 Å². The Bertz CT molecular complexity index is 763. The van der Waals surface area contributed by atoms with Crippen LogP contribution in [0.15, 0.2) is 42.7 Å². The van der Waals surface area contributed by atoms with Gasteiger partial charge < -0.3 is 5.32 Å². The lowest BCUT2D eigenvalue weighted by molar-refractivity contribution is 0.102. The molecule has 0 unspecified atom stereocenters. The predicted molar refractivity (Wildman–Crippen MR) is 77.1 cm³/mol. The first-order valence-corrected chi connectivity index (χ1v) is 7.73. The number of hydrogen-bond acceptors (Lipinski definition) is 4. The van der Waals surface area contributed by atoms with Crippen LogP contribution in [0.25, 0.3) is 0 Å². The topological polar surface area (TPSA) is 88.2 Å². The number of aromatic nitrogens is 1. The molecule has 2 aromatic rings. The van der Waals surface area contributed by atoms with E-state index in [0.717, 1.165) is 18.4 Å². The Morgan fingerprint density at radius 3 is 2.62 bits per heavy atom. The number of nitrogens with one attached hydrogen (secondary N) is 2. The Kier molecular flexibility index (Phi) is 4.18. The number of nitrogens with zero attached hydrogens (tertiary/aromatic N) is 1. The van der Waals surface area contributed by atoms with Crippen LogP contribution < -0.4 is 10.0 Å². The van der Waals surface area contributed by atoms with Crippen LogP contribution in [0.1, 0.15) is 10.4 Å². The standard InChI is InChI=1S/C13H12FN3O3S/c1-21(19,20)17-11-5-4-10(14)7-12(11)16-13(18)9-3-2-6-15-8-9/h2-8,17H,1H3,(H,16,18). The average Bonchev–Trinajstić information content (AvgIpc) is 2.41. The van der Waals surface area contributed by atoms with Crippen LogP contribution in [-0.4, -0.2) is 25.6 Å². The summed E-state index contributed by atoms with van der Waals surface area (Å²) in [6, 6.07) is 6.46. The summed E-state index contributed by atoms with van der Waals surface area (Å²) >= 11 is 0. The number of sulfonamides is 1. The van der Waals surface area contributed by atoms with Gasteiger partial charge in [-0.3, -0.25) is 14.5 Å². The number of pyridine rings is 1. The van der Waals surface area contributed by atoms with Gasteiger partial charge in [-0.05, 0) is 30.3 Å². The molecule has 1 amide bonds. The minimum Gasteiger partial charge on any atom is -0.320 e. The number of hydrogen-bond donors (Lipinski definition) is 2. The van der Waals surface area contributed by atoms with E-state index in [1.54, 1.807) is 6.07 Å². The molecule has 0 bridgehead atoms. The van der Waals surface area contributed by atoms with Crippen molar-refractivity contribution in [3.05, 3.63) is 54.1 Å². The highest BCUT2D eigenvalue weighted by Gasteiger charge is 2.12. The molecule has 0 fully saturated rings. The van der Waals surface area contributed by atoms with Gasteiger partial charge in [0.15, 0.2) is 0 Å². The Hall–Kier alpha value is -2.48. The first kappa shape index (κ1) is 14.9. The molecule has 0 radical (unpaired) electrons. The molecule has 0 saturated carbocycles. The van der Waals surface area contributed by atoms with Crippen molar-refractivity contribution in [3.63, 3.8) is 0 Å². The van der Waals surface area contributed by atoms with Crippen molar-refractivity contribution in [2.75, 3.05) is 16.3 Å². The van der Waals surface area contributed by atoms with Gasteiger partial charge >= 0.3 is 0 Å². The molecule has 0 aliphatic carbocycles. The van der Waals surface area contributed by atoms with Crippen molar-refractivity contribution in [1.82, 2.24) is 4.98 Å². The quantitative estimate of drug-likeness (QED) is 0.902. The zero-order valence-corrected chi connectivity index (χ0v) is 11.8. The van der Waals surface area contributed by atoms with Crippen molar-refractivity contribution in [1.29, 1.82) is 0 Å². The lowest BCUT2D eigenvalue weighted by Gasteiger charge is -2.12. The molecule has 0 spiro atoms. The predicted octanol–water partition coefficient (Wildman–Crippen LogP) is 1.84. The van der Waals surface area contributed by atoms with Gasteiger partial charge in [0.2, 0.25) is 10.0 Å². The Labute approximate surface area is 121 Å². The SMILES string of the molecule is CS(=O)(=O)Nc1ccc(F)cc1NC(=O)c1cccnc1. The summed E-state index contributed by atoms with van der Waals surface area (Å²) in [7, 11) is -3.55. The van der Waals surface area contributed by atoms with Crippen LogP contribution in [0.4, 0.5) is 15.8 Å². The highest BCUT2D eigenvalue weighted by molar-refractivity contribution is 7.92. The average molecular weight is 309 g/mol. The number of amides is 1. The third-order valence-corrected chi connectivity index (χ3v) is 3.04. The van der Waals surface area contributed by atoms with Gasteiger partial charge in [0, 0.05) is 12.4 Å². The van der Waals surface area contributed by atoms with E-state index in [0.29, 0.717) is 0 Å². The third kappa shape index (κ3) is 4.25. The first-order chi connectivity index (χ1) is 9.85. The number of carbonyl (C=O) groups is 1. The molecule has 1 aromatic carbocycles. The number of halogens is 1. The minimum atomic E-state index is -3.55. The molecule has 1 heterocycles. The van der Waals surface area contributed by atoms with E-state index >= 15 is 0 Å². The van der Waals surface area contributed by atoms with Gasteiger partial charge in [-0.25, -0.2) is 12.8 Å². The molecular formula is C13H12FN3O3S. The second-order valence-electron chi connectivity index (χ2n) is 4.26. The maximum absolute atomic E-state index is 13.3. The highest BCUT2D eigenvalue weighted by atomic mass is 32.2. The second kappa shape index (κ2) is 5.88. The Morgan fingerprint density at radius 2 is 2.00 bits per heavy atom. The van der Waals surface area contributed by atoms with Gasteiger partial charge in [0.05, 0.1) is 23.2 Å². The summed E-state index contributed by atoms with van der Waals surface area (Å²) < 4.78 is 38.0. The zero-order chi connectivity index (χ0) is 15.5. The van der Waals surface area contributed by atoms with Gasteiger partial charge in [-0.15, -0.1) is 0 Å². The fourth-order valence-corrected chi connectivity index (χ4v) is 2.18. The molecule has 0 saturated heterocycles. The molecule has 8 heteroatoms. The van der Waals surface area contributed by atoms with Crippen molar-refractivity contribution in [3.8, 4) is 0 Å². The minimum absolute atomic E-state index is 0.0225. The molecule has 0 atom stereocenters. The van der Waals surface area contributed by atoms with Crippen LogP contribution in [-0.2, 0) is 10.0 Å². The van der Waals surface area contributed by atoms with E-state index in [2.05, 4.69) is 15.0 Å². The zero-order valence-electron chi connectivity index (χ0n) is 11.0. The lowest BCUT2D eigenvalue weighted by Crippen LogP contribution is -2.16. The molecule has 2 rings (SSSR count). The summed E-state index contributed by atoms with van der Waals surface area (Å²) in [4.78, 5) is 15.8. The monoisotopic (exact) mass is 309 g/mol. The van der Waals surface area contributed by atoms with E-state index in [1.165, 1.54) is 24.5 Å². The van der Waals surface area contributed by atoms with Crippen LogP contribution in [0.3, 0.4) is 0 Å². The number of carbonyl (C=O) groups excluding carboxylic acids is 1. The molecule has 2 N–H and O–H groups in total. The maximum atomic E-state index is 13.3. The molecule has 0 aliphatic rings. The summed E-state index contributed by atoms with van der Waals surface area (Å²) in [6.07, 6.45) is 3.82. The van der Waals surface area contributed by atoms with Crippen molar-refractivity contribution in [2.45, 2.75) is 0 Å². The second-order valence-corrected chi connectivity index (χ2v) is 6.01. The Balaban J connectivity index is 2.30. The van der Waals surface area contributed by atoms with E-state index in [4.69, 9.17) is 0 Å². The van der Waals surface area contributed by atoms with Gasteiger partial charge in [-0.2, -0.15) is 0 Å². The third-order valence-electron chi connectivity index (χ3n) is 2.45. The molecule has 6 nitrogen and oxygen atoms in total. The van der Waals surface area contributed by atoms with Gasteiger partial charge in [-0.1, -0.05) is 0 Å². The fourth-order valence-electron chi connectivity index (χ4n) is 1.60. The molecular weight excluding hydrogens is 297 g/mol. The molecule has 21 heavy (non-hydrogen) atoms. The summed E-state index contributed by atoms with van der Waals surface area (Å²) in [6.45, 7) is 0. The number of rotatable bonds is 4. The van der Waals surface area contributed by atoms with Crippen molar-refractivity contribution >= 4 is 27.3 Å². The highest BCUT2D eigenvalue weighted by Crippen LogP contribution is 2.24. The molecule has 110 valence electrons. The smallest absolute Gasteiger partial charge is 0.257 e. The van der Waals surface area contributed by atoms with E-state index in [9.17, 15) is 17.6 Å². The fraction of sp³-hybridized carbons (Fsp3) is 0.0769. The van der Waals surface area contributed by atoms with Crippen molar-refractivity contribution < 1.29 is 17.6 Å². The largest absolute Gasteiger partial charge is 0.320 e. The number of benzene rings is 1. The summed E-state index contributed by atoms with van der Waals surface area (Å²) in [5, 5.41) is 2.44. The number of anilines is 2. The van der Waals surface area contributed by atoms with Crippen LogP contribution in [0, 0.1) is 5.82 Å². The van der Waals surface area contributed by atoms with Crippen molar-refractivity contribution in [2.24, 2.45) is 0 Å². The summed E-state index contributed by atoms with van der Waals surface area (Å²) in [5.41, 5.74) is 0.373. The van der Waals surface area contributed by atoms with E-state index in [1.807, 2.05) is 0 Å². The van der Waals surface area contributed by atoms with Crippen LogP contribution in [0.5, 0.6) is 0 Å². The van der Waals surface area contributed by atoms with Crippen LogP contribution >= 0.6 is 0 Å². The Morgan fingerprint density at radius 1 is 1.24 bits per heavy atom. The lowest BCUT2D eigenvalue weighted by atomic mass is 10.2. The van der Waals surface area contributed by atoms with E-state index in [-0.39, 0.29) is 16.9 Å². The van der Waals surface area contributed by atoms with Gasteiger partial charge in [0.25, 0.3) is 5.91 Å². The van der Waals surface area contributed by atoms with Crippen LogP contribution in [0.2, 0.25) is 0 Å². The first-order valence-electron chi connectivity index (χ1n) is 5.84. The molecule has 0 aliphatic heterocycles. The maximum Gasteiger partial charge on any atom is 0.257 e.